The van der Waals surface area contributed by atoms with Gasteiger partial charge in [0, 0.05) is 30.6 Å². The molecule has 1 aromatic carbocycles. The second-order valence-corrected chi connectivity index (χ2v) is 10.7. The zero-order chi connectivity index (χ0) is 24.0. The minimum absolute atomic E-state index is 0.0935. The van der Waals surface area contributed by atoms with E-state index in [1.54, 1.807) is 0 Å². The summed E-state index contributed by atoms with van der Waals surface area (Å²) in [5.41, 5.74) is 0.0908. The Hall–Kier alpha value is -1.79. The van der Waals surface area contributed by atoms with Crippen LogP contribution in [0.3, 0.4) is 0 Å². The van der Waals surface area contributed by atoms with Crippen molar-refractivity contribution in [3.63, 3.8) is 0 Å². The topological polar surface area (TPSA) is 59.1 Å². The van der Waals surface area contributed by atoms with Crippen molar-refractivity contribution >= 4 is 23.4 Å². The standard InChI is InChI=1S/C27H39ClN2O4/c1-21-17-23(11-12-24(21)28)33-20-27(18-25(31)29-13-7-4-8-14-29)19-30(15-16-34-27)26(32)22-9-5-2-3-6-10-22/h11-12,17,22H,2-10,13-16,18-20H2,1H3/t27-/m0/s1. The van der Waals surface area contributed by atoms with Crippen LogP contribution in [0.15, 0.2) is 18.2 Å². The van der Waals surface area contributed by atoms with E-state index in [1.165, 1.54) is 19.3 Å². The smallest absolute Gasteiger partial charge is 0.225 e. The third kappa shape index (κ3) is 6.45. The molecule has 4 rings (SSSR count). The summed E-state index contributed by atoms with van der Waals surface area (Å²) in [6, 6.07) is 5.56. The lowest BCUT2D eigenvalue weighted by molar-refractivity contribution is -0.168. The number of likely N-dealkylation sites (tertiary alicyclic amines) is 1. The fourth-order valence-corrected chi connectivity index (χ4v) is 5.63. The maximum atomic E-state index is 13.5. The maximum absolute atomic E-state index is 13.5. The van der Waals surface area contributed by atoms with E-state index in [0.29, 0.717) is 30.5 Å². The van der Waals surface area contributed by atoms with Crippen molar-refractivity contribution in [2.24, 2.45) is 5.92 Å². The number of benzene rings is 1. The summed E-state index contributed by atoms with van der Waals surface area (Å²) in [5.74, 6) is 1.11. The molecule has 0 unspecified atom stereocenters. The van der Waals surface area contributed by atoms with Gasteiger partial charge in [0.05, 0.1) is 19.6 Å². The predicted octanol–water partition coefficient (Wildman–Crippen LogP) is 5.00. The van der Waals surface area contributed by atoms with Gasteiger partial charge in [-0.05, 0) is 62.8 Å². The van der Waals surface area contributed by atoms with Crippen LogP contribution in [0.1, 0.15) is 69.8 Å². The number of morpholine rings is 1. The molecule has 0 spiro atoms. The summed E-state index contributed by atoms with van der Waals surface area (Å²) in [6.45, 7) is 5.17. The van der Waals surface area contributed by atoms with E-state index in [1.807, 2.05) is 34.9 Å². The van der Waals surface area contributed by atoms with E-state index >= 15 is 0 Å². The van der Waals surface area contributed by atoms with E-state index < -0.39 is 5.60 Å². The number of nitrogens with zero attached hydrogens (tertiary/aromatic N) is 2. The van der Waals surface area contributed by atoms with Crippen molar-refractivity contribution in [3.05, 3.63) is 28.8 Å². The molecule has 3 aliphatic rings. The van der Waals surface area contributed by atoms with Crippen LogP contribution in [-0.4, -0.2) is 66.6 Å². The van der Waals surface area contributed by atoms with Gasteiger partial charge >= 0.3 is 0 Å². The highest BCUT2D eigenvalue weighted by atomic mass is 35.5. The molecule has 7 heteroatoms. The first-order valence-electron chi connectivity index (χ1n) is 13.1. The summed E-state index contributed by atoms with van der Waals surface area (Å²) < 4.78 is 12.5. The molecule has 0 bridgehead atoms. The molecule has 34 heavy (non-hydrogen) atoms. The summed E-state index contributed by atoms with van der Waals surface area (Å²) in [7, 11) is 0. The van der Waals surface area contributed by atoms with Gasteiger partial charge in [0.15, 0.2) is 0 Å². The number of rotatable bonds is 6. The van der Waals surface area contributed by atoms with Gasteiger partial charge in [0.2, 0.25) is 11.8 Å². The number of carbonyl (C=O) groups is 2. The molecule has 2 amide bonds. The fourth-order valence-electron chi connectivity index (χ4n) is 5.52. The van der Waals surface area contributed by atoms with Gasteiger partial charge in [-0.25, -0.2) is 0 Å². The first kappa shape index (κ1) is 25.3. The quantitative estimate of drug-likeness (QED) is 0.526. The molecule has 1 aromatic rings. The van der Waals surface area contributed by atoms with Crippen molar-refractivity contribution in [3.8, 4) is 5.75 Å². The lowest BCUT2D eigenvalue weighted by Crippen LogP contribution is -2.59. The summed E-state index contributed by atoms with van der Waals surface area (Å²) in [5, 5.41) is 0.691. The van der Waals surface area contributed by atoms with Gasteiger partial charge in [-0.2, -0.15) is 0 Å². The van der Waals surface area contributed by atoms with Gasteiger partial charge in [0.25, 0.3) is 0 Å². The Morgan fingerprint density at radius 1 is 1.03 bits per heavy atom. The molecule has 1 aliphatic carbocycles. The Morgan fingerprint density at radius 3 is 2.44 bits per heavy atom. The minimum atomic E-state index is -0.847. The van der Waals surface area contributed by atoms with Gasteiger partial charge in [-0.1, -0.05) is 37.3 Å². The summed E-state index contributed by atoms with van der Waals surface area (Å²) >= 11 is 6.18. The summed E-state index contributed by atoms with van der Waals surface area (Å²) in [6.07, 6.45) is 10.1. The highest BCUT2D eigenvalue weighted by Crippen LogP contribution is 2.30. The number of hydrogen-bond acceptors (Lipinski definition) is 4. The molecular formula is C27H39ClN2O4. The number of amides is 2. The van der Waals surface area contributed by atoms with Gasteiger partial charge in [-0.15, -0.1) is 0 Å². The second-order valence-electron chi connectivity index (χ2n) is 10.3. The monoisotopic (exact) mass is 490 g/mol. The largest absolute Gasteiger partial charge is 0.490 e. The number of halogens is 1. The normalized spacial score (nSPS) is 24.5. The fraction of sp³-hybridized carbons (Fsp3) is 0.704. The van der Waals surface area contributed by atoms with Crippen LogP contribution < -0.4 is 4.74 Å². The third-order valence-electron chi connectivity index (χ3n) is 7.58. The SMILES string of the molecule is Cc1cc(OC[C@]2(CC(=O)N3CCCCC3)CN(C(=O)C3CCCCCC3)CCO2)ccc1Cl. The number of ether oxygens (including phenoxy) is 2. The average Bonchev–Trinajstić information content (AvgIpc) is 3.15. The molecule has 0 N–H and O–H groups in total. The number of aryl methyl sites for hydroxylation is 1. The Bertz CT molecular complexity index is 849. The van der Waals surface area contributed by atoms with E-state index in [0.717, 1.165) is 57.2 Å². The van der Waals surface area contributed by atoms with Gasteiger partial charge < -0.3 is 19.3 Å². The minimum Gasteiger partial charge on any atom is -0.490 e. The first-order chi connectivity index (χ1) is 16.5. The molecule has 2 aliphatic heterocycles. The zero-order valence-corrected chi connectivity index (χ0v) is 21.3. The molecular weight excluding hydrogens is 452 g/mol. The van der Waals surface area contributed by atoms with Crippen molar-refractivity contribution in [2.45, 2.75) is 76.7 Å². The Morgan fingerprint density at radius 2 is 1.74 bits per heavy atom. The third-order valence-corrected chi connectivity index (χ3v) is 8.00. The first-order valence-corrected chi connectivity index (χ1v) is 13.4. The lowest BCUT2D eigenvalue weighted by atomic mass is 9.93. The molecule has 1 saturated carbocycles. The van der Waals surface area contributed by atoms with E-state index in [9.17, 15) is 9.59 Å². The number of piperidine rings is 1. The van der Waals surface area contributed by atoms with Gasteiger partial charge in [0.1, 0.15) is 18.0 Å². The zero-order valence-electron chi connectivity index (χ0n) is 20.5. The van der Waals surface area contributed by atoms with Crippen molar-refractivity contribution in [1.82, 2.24) is 9.80 Å². The molecule has 2 heterocycles. The van der Waals surface area contributed by atoms with Crippen LogP contribution >= 0.6 is 11.6 Å². The van der Waals surface area contributed by atoms with Crippen molar-refractivity contribution in [1.29, 1.82) is 0 Å². The summed E-state index contributed by atoms with van der Waals surface area (Å²) in [4.78, 5) is 30.6. The molecule has 0 radical (unpaired) electrons. The van der Waals surface area contributed by atoms with Crippen LogP contribution in [-0.2, 0) is 14.3 Å². The number of hydrogen-bond donors (Lipinski definition) is 0. The maximum Gasteiger partial charge on any atom is 0.225 e. The Balaban J connectivity index is 1.49. The van der Waals surface area contributed by atoms with Crippen LogP contribution in [0, 0.1) is 12.8 Å². The second kappa shape index (κ2) is 11.8. The average molecular weight is 491 g/mol. The molecule has 188 valence electrons. The van der Waals surface area contributed by atoms with E-state index in [-0.39, 0.29) is 30.8 Å². The Labute approximate surface area is 208 Å². The van der Waals surface area contributed by atoms with Crippen LogP contribution in [0.2, 0.25) is 5.02 Å². The van der Waals surface area contributed by atoms with Crippen LogP contribution in [0.25, 0.3) is 0 Å². The molecule has 1 atom stereocenters. The molecule has 3 fully saturated rings. The van der Waals surface area contributed by atoms with Crippen LogP contribution in [0.4, 0.5) is 0 Å². The Kier molecular flexibility index (Phi) is 8.75. The lowest BCUT2D eigenvalue weighted by Gasteiger charge is -2.44. The molecule has 6 nitrogen and oxygen atoms in total. The highest BCUT2D eigenvalue weighted by molar-refractivity contribution is 6.31. The van der Waals surface area contributed by atoms with Crippen molar-refractivity contribution < 1.29 is 19.1 Å². The molecule has 2 saturated heterocycles. The van der Waals surface area contributed by atoms with E-state index in [4.69, 9.17) is 21.1 Å². The van der Waals surface area contributed by atoms with E-state index in [2.05, 4.69) is 0 Å². The van der Waals surface area contributed by atoms with Gasteiger partial charge in [-0.3, -0.25) is 9.59 Å². The van der Waals surface area contributed by atoms with Crippen LogP contribution in [0.5, 0.6) is 5.75 Å². The van der Waals surface area contributed by atoms with Crippen molar-refractivity contribution in [2.75, 3.05) is 39.4 Å². The highest BCUT2D eigenvalue weighted by Gasteiger charge is 2.43. The predicted molar refractivity (Wildman–Crippen MR) is 133 cm³/mol. The number of carbonyl (C=O) groups excluding carboxylic acids is 2. The molecule has 0 aromatic heterocycles.